The summed E-state index contributed by atoms with van der Waals surface area (Å²) in [4.78, 5) is 17.1. The zero-order valence-corrected chi connectivity index (χ0v) is 17.6. The van der Waals surface area contributed by atoms with Gasteiger partial charge in [0.05, 0.1) is 24.8 Å². The monoisotopic (exact) mass is 428 g/mol. The Hall–Kier alpha value is -1.64. The summed E-state index contributed by atoms with van der Waals surface area (Å²) >= 11 is 0. The van der Waals surface area contributed by atoms with E-state index in [1.54, 1.807) is 12.0 Å². The minimum absolute atomic E-state index is 0.121. The lowest BCUT2D eigenvalue weighted by Crippen LogP contribution is -2.45. The molecule has 0 saturated carbocycles. The average Bonchev–Trinajstić information content (AvgIpc) is 3.31. The highest BCUT2D eigenvalue weighted by molar-refractivity contribution is 5.94. The van der Waals surface area contributed by atoms with Gasteiger partial charge in [-0.3, -0.25) is 9.69 Å². The normalized spacial score (nSPS) is 27.7. The Labute approximate surface area is 175 Å². The molecule has 4 atom stereocenters. The van der Waals surface area contributed by atoms with Crippen LogP contribution in [0.25, 0.3) is 0 Å². The van der Waals surface area contributed by atoms with Crippen molar-refractivity contribution in [1.29, 1.82) is 0 Å². The predicted octanol–water partition coefficient (Wildman–Crippen LogP) is 3.28. The summed E-state index contributed by atoms with van der Waals surface area (Å²) < 4.78 is 43.8. The zero-order chi connectivity index (χ0) is 21.9. The number of halogens is 3. The van der Waals surface area contributed by atoms with Crippen LogP contribution < -0.4 is 0 Å². The first kappa shape index (κ1) is 23.0. The average molecular weight is 428 g/mol. The maximum atomic E-state index is 13.1. The second-order valence-electron chi connectivity index (χ2n) is 8.36. The number of aliphatic hydroxyl groups is 1. The number of amides is 1. The van der Waals surface area contributed by atoms with Crippen LogP contribution in [0, 0.1) is 11.8 Å². The van der Waals surface area contributed by atoms with Crippen LogP contribution in [0.1, 0.15) is 42.1 Å². The second-order valence-corrected chi connectivity index (χ2v) is 8.36. The molecule has 2 heterocycles. The number of carbonyl (C=O) groups is 1. The molecule has 1 amide bonds. The van der Waals surface area contributed by atoms with Crippen LogP contribution in [-0.2, 0) is 10.9 Å². The third-order valence-electron chi connectivity index (χ3n) is 6.67. The summed E-state index contributed by atoms with van der Waals surface area (Å²) in [7, 11) is 1.70. The quantitative estimate of drug-likeness (QED) is 0.724. The molecular weight excluding hydrogens is 397 g/mol. The number of ether oxygens (including phenoxy) is 1. The van der Waals surface area contributed by atoms with E-state index >= 15 is 0 Å². The van der Waals surface area contributed by atoms with Crippen molar-refractivity contribution in [2.24, 2.45) is 11.8 Å². The molecule has 5 nitrogen and oxygen atoms in total. The van der Waals surface area contributed by atoms with E-state index in [9.17, 15) is 23.1 Å². The molecule has 0 spiro atoms. The lowest BCUT2D eigenvalue weighted by Gasteiger charge is -2.32. The second kappa shape index (κ2) is 9.66. The van der Waals surface area contributed by atoms with E-state index in [4.69, 9.17) is 4.74 Å². The summed E-state index contributed by atoms with van der Waals surface area (Å²) in [6, 6.07) is 4.34. The molecule has 1 aromatic rings. The van der Waals surface area contributed by atoms with Crippen LogP contribution in [0.4, 0.5) is 13.2 Å². The number of benzene rings is 1. The SMILES string of the molecule is CC[C@@H]1CN(C(=O)c2ccc(C(F)(F)F)cc2)[C@H](CO)[C@@H]1CN1CCC[C@@H]1COC. The van der Waals surface area contributed by atoms with Crippen molar-refractivity contribution in [3.63, 3.8) is 0 Å². The molecule has 2 saturated heterocycles. The molecule has 0 bridgehead atoms. The molecule has 30 heavy (non-hydrogen) atoms. The van der Waals surface area contributed by atoms with Crippen LogP contribution in [-0.4, -0.2) is 72.9 Å². The maximum Gasteiger partial charge on any atom is 0.416 e. The van der Waals surface area contributed by atoms with Gasteiger partial charge in [0, 0.05) is 31.8 Å². The molecule has 1 aromatic carbocycles. The first-order valence-electron chi connectivity index (χ1n) is 10.6. The van der Waals surface area contributed by atoms with E-state index in [0.29, 0.717) is 19.2 Å². The van der Waals surface area contributed by atoms with Crippen LogP contribution in [0.3, 0.4) is 0 Å². The Morgan fingerprint density at radius 3 is 2.53 bits per heavy atom. The van der Waals surface area contributed by atoms with Crippen LogP contribution in [0.5, 0.6) is 0 Å². The Bertz CT molecular complexity index is 711. The molecule has 3 rings (SSSR count). The molecule has 0 radical (unpaired) electrons. The Kier molecular flexibility index (Phi) is 7.42. The van der Waals surface area contributed by atoms with Gasteiger partial charge in [-0.2, -0.15) is 13.2 Å². The molecule has 2 aliphatic heterocycles. The van der Waals surface area contributed by atoms with Gasteiger partial charge in [0.15, 0.2) is 0 Å². The first-order valence-corrected chi connectivity index (χ1v) is 10.6. The van der Waals surface area contributed by atoms with Crippen molar-refractivity contribution in [2.45, 2.75) is 44.4 Å². The van der Waals surface area contributed by atoms with Crippen molar-refractivity contribution >= 4 is 5.91 Å². The van der Waals surface area contributed by atoms with E-state index in [0.717, 1.165) is 44.5 Å². The van der Waals surface area contributed by atoms with Crippen molar-refractivity contribution in [3.8, 4) is 0 Å². The van der Waals surface area contributed by atoms with E-state index < -0.39 is 11.7 Å². The summed E-state index contributed by atoms with van der Waals surface area (Å²) in [5.41, 5.74) is -0.558. The molecule has 0 unspecified atom stereocenters. The van der Waals surface area contributed by atoms with Gasteiger partial charge >= 0.3 is 6.18 Å². The fourth-order valence-corrected chi connectivity index (χ4v) is 4.99. The predicted molar refractivity (Wildman–Crippen MR) is 107 cm³/mol. The number of carbonyl (C=O) groups excluding carboxylic acids is 1. The van der Waals surface area contributed by atoms with Crippen LogP contribution in [0.15, 0.2) is 24.3 Å². The minimum Gasteiger partial charge on any atom is -0.394 e. The van der Waals surface area contributed by atoms with Crippen molar-refractivity contribution in [3.05, 3.63) is 35.4 Å². The van der Waals surface area contributed by atoms with Crippen molar-refractivity contribution in [1.82, 2.24) is 9.80 Å². The number of rotatable bonds is 7. The summed E-state index contributed by atoms with van der Waals surface area (Å²) in [5, 5.41) is 10.1. The van der Waals surface area contributed by atoms with Gasteiger partial charge in [-0.05, 0) is 55.5 Å². The van der Waals surface area contributed by atoms with Gasteiger partial charge in [0.25, 0.3) is 5.91 Å². The molecule has 0 aliphatic carbocycles. The van der Waals surface area contributed by atoms with Crippen LogP contribution in [0.2, 0.25) is 0 Å². The third-order valence-corrected chi connectivity index (χ3v) is 6.67. The molecule has 168 valence electrons. The molecule has 1 N–H and O–H groups in total. The Morgan fingerprint density at radius 2 is 1.97 bits per heavy atom. The molecule has 8 heteroatoms. The largest absolute Gasteiger partial charge is 0.416 e. The van der Waals surface area contributed by atoms with Gasteiger partial charge in [0.2, 0.25) is 0 Å². The summed E-state index contributed by atoms with van der Waals surface area (Å²) in [5.74, 6) is 0.0405. The highest BCUT2D eigenvalue weighted by Crippen LogP contribution is 2.36. The first-order chi connectivity index (χ1) is 14.3. The van der Waals surface area contributed by atoms with Gasteiger partial charge in [0.1, 0.15) is 0 Å². The smallest absolute Gasteiger partial charge is 0.394 e. The Balaban J connectivity index is 1.76. The standard InChI is InChI=1S/C22H31F3N2O3/c1-3-15-11-27(21(29)16-6-8-17(9-7-16)22(23,24)25)20(13-28)19(15)12-26-10-4-5-18(26)14-30-2/h6-9,15,18-20,28H,3-5,10-14H2,1-2H3/t15-,18-,19-,20-/m1/s1. The van der Waals surface area contributed by atoms with E-state index in [1.165, 1.54) is 12.1 Å². The molecule has 2 fully saturated rings. The van der Waals surface area contributed by atoms with Crippen molar-refractivity contribution in [2.75, 3.05) is 40.0 Å². The van der Waals surface area contributed by atoms with E-state index in [1.807, 2.05) is 0 Å². The number of nitrogens with zero attached hydrogens (tertiary/aromatic N) is 2. The molecular formula is C22H31F3N2O3. The third kappa shape index (κ3) is 4.81. The lowest BCUT2D eigenvalue weighted by molar-refractivity contribution is -0.137. The number of methoxy groups -OCH3 is 1. The molecule has 2 aliphatic rings. The minimum atomic E-state index is -4.43. The van der Waals surface area contributed by atoms with Crippen LogP contribution >= 0.6 is 0 Å². The topological polar surface area (TPSA) is 53.0 Å². The number of likely N-dealkylation sites (tertiary alicyclic amines) is 2. The van der Waals surface area contributed by atoms with Gasteiger partial charge in [-0.15, -0.1) is 0 Å². The highest BCUT2D eigenvalue weighted by atomic mass is 19.4. The number of alkyl halides is 3. The number of hydrogen-bond acceptors (Lipinski definition) is 4. The number of hydrogen-bond donors (Lipinski definition) is 1. The summed E-state index contributed by atoms with van der Waals surface area (Å²) in [6.07, 6.45) is -1.37. The lowest BCUT2D eigenvalue weighted by atomic mass is 9.88. The maximum absolute atomic E-state index is 13.1. The van der Waals surface area contributed by atoms with Crippen molar-refractivity contribution < 1.29 is 27.8 Å². The van der Waals surface area contributed by atoms with Gasteiger partial charge in [-0.25, -0.2) is 0 Å². The zero-order valence-electron chi connectivity index (χ0n) is 17.6. The molecule has 0 aromatic heterocycles. The fraction of sp³-hybridized carbons (Fsp3) is 0.682. The van der Waals surface area contributed by atoms with E-state index in [-0.39, 0.29) is 36.0 Å². The van der Waals surface area contributed by atoms with Gasteiger partial charge < -0.3 is 14.7 Å². The van der Waals surface area contributed by atoms with Gasteiger partial charge in [-0.1, -0.05) is 13.3 Å². The van der Waals surface area contributed by atoms with E-state index in [2.05, 4.69) is 11.8 Å². The summed E-state index contributed by atoms with van der Waals surface area (Å²) in [6.45, 7) is 4.86. The highest BCUT2D eigenvalue weighted by Gasteiger charge is 2.44. The fourth-order valence-electron chi connectivity index (χ4n) is 4.99. The number of aliphatic hydroxyl groups excluding tert-OH is 1. The Morgan fingerprint density at radius 1 is 1.27 bits per heavy atom.